The van der Waals surface area contributed by atoms with Crippen molar-refractivity contribution in [1.29, 1.82) is 0 Å². The van der Waals surface area contributed by atoms with Crippen LogP contribution in [0.4, 0.5) is 0 Å². The Morgan fingerprint density at radius 1 is 1.45 bits per heavy atom. The molecule has 0 aromatic carbocycles. The molecule has 1 aliphatic heterocycles. The number of allylic oxidation sites excluding steroid dienone is 1. The van der Waals surface area contributed by atoms with E-state index in [1.54, 1.807) is 0 Å². The van der Waals surface area contributed by atoms with Crippen LogP contribution in [0.1, 0.15) is 19.3 Å². The van der Waals surface area contributed by atoms with Crippen LogP contribution in [0, 0.1) is 5.92 Å². The smallest absolute Gasteiger partial charge is 0.00171 e. The van der Waals surface area contributed by atoms with E-state index in [2.05, 4.69) is 17.5 Å². The van der Waals surface area contributed by atoms with Gasteiger partial charge in [-0.25, -0.2) is 0 Å². The van der Waals surface area contributed by atoms with Crippen LogP contribution in [0.2, 0.25) is 0 Å². The third-order valence-corrected chi connectivity index (χ3v) is 2.13. The maximum Gasteiger partial charge on any atom is -0.00171 e. The van der Waals surface area contributed by atoms with Crippen molar-refractivity contribution in [3.63, 3.8) is 0 Å². The van der Waals surface area contributed by atoms with Gasteiger partial charge in [-0.2, -0.15) is 0 Å². The molecule has 1 unspecified atom stereocenters. The van der Waals surface area contributed by atoms with Gasteiger partial charge in [-0.05, 0) is 44.8 Å². The maximum atomic E-state index is 5.36. The van der Waals surface area contributed by atoms with Crippen molar-refractivity contribution in [3.8, 4) is 0 Å². The van der Waals surface area contributed by atoms with Gasteiger partial charge in [0, 0.05) is 0 Å². The maximum absolute atomic E-state index is 5.36. The van der Waals surface area contributed by atoms with Gasteiger partial charge in [0.2, 0.25) is 0 Å². The summed E-state index contributed by atoms with van der Waals surface area (Å²) in [6.45, 7) is 3.18. The van der Waals surface area contributed by atoms with Crippen LogP contribution in [0.3, 0.4) is 0 Å². The van der Waals surface area contributed by atoms with Crippen molar-refractivity contribution in [1.82, 2.24) is 5.32 Å². The summed E-state index contributed by atoms with van der Waals surface area (Å²) in [6.07, 6.45) is 8.06. The zero-order valence-electron chi connectivity index (χ0n) is 7.05. The third-order valence-electron chi connectivity index (χ3n) is 2.13. The molecule has 2 heteroatoms. The van der Waals surface area contributed by atoms with E-state index in [0.717, 1.165) is 18.9 Å². The second-order valence-corrected chi connectivity index (χ2v) is 3.14. The molecule has 3 N–H and O–H groups in total. The molecule has 0 spiro atoms. The minimum Gasteiger partial charge on any atom is -0.330 e. The van der Waals surface area contributed by atoms with E-state index in [1.165, 1.54) is 25.9 Å². The second kappa shape index (κ2) is 5.33. The van der Waals surface area contributed by atoms with Crippen molar-refractivity contribution in [2.75, 3.05) is 19.6 Å². The number of nitrogens with one attached hydrogen (secondary N) is 1. The van der Waals surface area contributed by atoms with E-state index in [9.17, 15) is 0 Å². The van der Waals surface area contributed by atoms with Gasteiger partial charge in [-0.1, -0.05) is 12.2 Å². The van der Waals surface area contributed by atoms with E-state index >= 15 is 0 Å². The van der Waals surface area contributed by atoms with Gasteiger partial charge in [-0.15, -0.1) is 0 Å². The van der Waals surface area contributed by atoms with Crippen molar-refractivity contribution < 1.29 is 0 Å². The first-order valence-electron chi connectivity index (χ1n) is 4.49. The Morgan fingerprint density at radius 2 is 2.36 bits per heavy atom. The third kappa shape index (κ3) is 3.54. The molecular weight excluding hydrogens is 136 g/mol. The normalized spacial score (nSPS) is 25.0. The fourth-order valence-electron chi connectivity index (χ4n) is 1.42. The average Bonchev–Trinajstić information content (AvgIpc) is 2.50. The van der Waals surface area contributed by atoms with E-state index in [-0.39, 0.29) is 0 Å². The summed E-state index contributed by atoms with van der Waals surface area (Å²) in [4.78, 5) is 0. The van der Waals surface area contributed by atoms with Gasteiger partial charge in [0.15, 0.2) is 0 Å². The van der Waals surface area contributed by atoms with E-state index < -0.39 is 0 Å². The molecule has 1 saturated heterocycles. The quantitative estimate of drug-likeness (QED) is 0.590. The summed E-state index contributed by atoms with van der Waals surface area (Å²) >= 11 is 0. The Balaban J connectivity index is 2.01. The largest absolute Gasteiger partial charge is 0.330 e. The Morgan fingerprint density at radius 3 is 3.00 bits per heavy atom. The van der Waals surface area contributed by atoms with E-state index in [4.69, 9.17) is 5.73 Å². The summed E-state index contributed by atoms with van der Waals surface area (Å²) in [5, 5.41) is 3.35. The predicted octanol–water partition coefficient (Wildman–Crippen LogP) is 0.891. The van der Waals surface area contributed by atoms with Crippen molar-refractivity contribution in [2.45, 2.75) is 19.3 Å². The van der Waals surface area contributed by atoms with Gasteiger partial charge in [0.1, 0.15) is 0 Å². The Labute approximate surface area is 68.9 Å². The molecule has 11 heavy (non-hydrogen) atoms. The Hall–Kier alpha value is -0.340. The topological polar surface area (TPSA) is 38.0 Å². The average molecular weight is 154 g/mol. The number of hydrogen-bond acceptors (Lipinski definition) is 2. The standard InChI is InChI=1S/C9H18N2/c10-6-3-1-2-4-9-5-7-11-8-9/h1-2,9,11H,3-8,10H2/b2-1-. The van der Waals surface area contributed by atoms with Crippen LogP contribution in [-0.4, -0.2) is 19.6 Å². The highest BCUT2D eigenvalue weighted by Gasteiger charge is 2.11. The monoisotopic (exact) mass is 154 g/mol. The Kier molecular flexibility index (Phi) is 4.24. The fraction of sp³-hybridized carbons (Fsp3) is 0.778. The van der Waals surface area contributed by atoms with E-state index in [0.29, 0.717) is 0 Å². The van der Waals surface area contributed by atoms with Crippen LogP contribution in [0.5, 0.6) is 0 Å². The van der Waals surface area contributed by atoms with Crippen LogP contribution >= 0.6 is 0 Å². The molecule has 2 nitrogen and oxygen atoms in total. The first-order valence-corrected chi connectivity index (χ1v) is 4.49. The molecule has 0 amide bonds. The molecular formula is C9H18N2. The molecule has 0 aromatic heterocycles. The van der Waals surface area contributed by atoms with Crippen molar-refractivity contribution in [2.24, 2.45) is 11.7 Å². The molecule has 1 aliphatic rings. The van der Waals surface area contributed by atoms with Crippen LogP contribution < -0.4 is 11.1 Å². The predicted molar refractivity (Wildman–Crippen MR) is 48.4 cm³/mol. The SMILES string of the molecule is NCC/C=C\CC1CCNC1. The highest BCUT2D eigenvalue weighted by atomic mass is 14.9. The minimum atomic E-state index is 0.777. The number of hydrogen-bond donors (Lipinski definition) is 2. The summed E-state index contributed by atoms with van der Waals surface area (Å²) in [7, 11) is 0. The van der Waals surface area contributed by atoms with Crippen LogP contribution in [-0.2, 0) is 0 Å². The van der Waals surface area contributed by atoms with Gasteiger partial charge in [0.05, 0.1) is 0 Å². The molecule has 0 radical (unpaired) electrons. The lowest BCUT2D eigenvalue weighted by molar-refractivity contribution is 0.592. The summed E-state index contributed by atoms with van der Waals surface area (Å²) in [5.74, 6) is 0.879. The van der Waals surface area contributed by atoms with Crippen molar-refractivity contribution in [3.05, 3.63) is 12.2 Å². The van der Waals surface area contributed by atoms with Gasteiger partial charge in [-0.3, -0.25) is 0 Å². The van der Waals surface area contributed by atoms with Crippen LogP contribution in [0.25, 0.3) is 0 Å². The number of rotatable bonds is 4. The highest BCUT2D eigenvalue weighted by molar-refractivity contribution is 4.86. The lowest BCUT2D eigenvalue weighted by Gasteiger charge is -2.01. The summed E-state index contributed by atoms with van der Waals surface area (Å²) < 4.78 is 0. The lowest BCUT2D eigenvalue weighted by atomic mass is 10.0. The Bertz CT molecular complexity index is 115. The van der Waals surface area contributed by atoms with E-state index in [1.807, 2.05) is 0 Å². The molecule has 1 rings (SSSR count). The molecule has 1 fully saturated rings. The van der Waals surface area contributed by atoms with Gasteiger partial charge in [0.25, 0.3) is 0 Å². The summed E-state index contributed by atoms with van der Waals surface area (Å²) in [5.41, 5.74) is 5.36. The fourth-order valence-corrected chi connectivity index (χ4v) is 1.42. The second-order valence-electron chi connectivity index (χ2n) is 3.14. The highest BCUT2D eigenvalue weighted by Crippen LogP contribution is 2.12. The zero-order valence-corrected chi connectivity index (χ0v) is 7.05. The molecule has 1 atom stereocenters. The summed E-state index contributed by atoms with van der Waals surface area (Å²) in [6, 6.07) is 0. The lowest BCUT2D eigenvalue weighted by Crippen LogP contribution is -2.08. The van der Waals surface area contributed by atoms with Gasteiger partial charge >= 0.3 is 0 Å². The molecule has 64 valence electrons. The molecule has 0 aromatic rings. The van der Waals surface area contributed by atoms with Crippen molar-refractivity contribution >= 4 is 0 Å². The molecule has 1 heterocycles. The zero-order chi connectivity index (χ0) is 7.94. The molecule has 0 aliphatic carbocycles. The molecule has 0 saturated carbocycles. The van der Waals surface area contributed by atoms with Gasteiger partial charge < -0.3 is 11.1 Å². The minimum absolute atomic E-state index is 0.777. The molecule has 0 bridgehead atoms. The number of nitrogens with two attached hydrogens (primary N) is 1. The van der Waals surface area contributed by atoms with Crippen LogP contribution in [0.15, 0.2) is 12.2 Å². The first kappa shape index (κ1) is 8.75. The first-order chi connectivity index (χ1) is 5.43.